The summed E-state index contributed by atoms with van der Waals surface area (Å²) < 4.78 is 14.0. The molecule has 0 unspecified atom stereocenters. The molecule has 0 fully saturated rings. The first-order chi connectivity index (χ1) is 9.29. The van der Waals surface area contributed by atoms with Crippen LogP contribution in [0.4, 0.5) is 15.8 Å². The van der Waals surface area contributed by atoms with Gasteiger partial charge >= 0.3 is 0 Å². The van der Waals surface area contributed by atoms with E-state index >= 15 is 0 Å². The monoisotopic (exact) mass is 279 g/mol. The molecule has 0 aliphatic heterocycles. The number of hydrogen-bond acceptors (Lipinski definition) is 5. The number of non-ortho nitro benzene ring substituents is 1. The molecule has 106 valence electrons. The Bertz CT molecular complexity index is 668. The number of rotatable bonds is 4. The Hall–Kier alpha value is -2.28. The summed E-state index contributed by atoms with van der Waals surface area (Å²) in [5.74, 6) is -0.771. The molecule has 1 aromatic carbocycles. The number of benzene rings is 1. The lowest BCUT2D eigenvalue weighted by atomic mass is 10.1. The van der Waals surface area contributed by atoms with Crippen molar-refractivity contribution >= 4 is 22.3 Å². The molecule has 0 aliphatic rings. The summed E-state index contributed by atoms with van der Waals surface area (Å²) in [6.45, 7) is 3.23. The largest absolute Gasteiger partial charge is 0.389 e. The van der Waals surface area contributed by atoms with Crippen molar-refractivity contribution in [3.63, 3.8) is 0 Å². The van der Waals surface area contributed by atoms with E-state index in [4.69, 9.17) is 0 Å². The van der Waals surface area contributed by atoms with Gasteiger partial charge in [-0.3, -0.25) is 15.1 Å². The van der Waals surface area contributed by atoms with Crippen LogP contribution in [-0.4, -0.2) is 27.2 Å². The van der Waals surface area contributed by atoms with E-state index in [0.29, 0.717) is 0 Å². The van der Waals surface area contributed by atoms with Gasteiger partial charge in [0.25, 0.3) is 5.69 Å². The Morgan fingerprint density at radius 3 is 2.85 bits per heavy atom. The fourth-order valence-corrected chi connectivity index (χ4v) is 1.82. The fourth-order valence-electron chi connectivity index (χ4n) is 1.82. The maximum atomic E-state index is 14.0. The number of pyridine rings is 1. The molecule has 0 bridgehead atoms. The quantitative estimate of drug-likeness (QED) is 0.663. The van der Waals surface area contributed by atoms with Crippen molar-refractivity contribution in [2.75, 3.05) is 11.9 Å². The van der Waals surface area contributed by atoms with E-state index in [9.17, 15) is 19.6 Å². The average Bonchev–Trinajstić information content (AvgIpc) is 2.35. The van der Waals surface area contributed by atoms with E-state index in [1.807, 2.05) is 0 Å². The molecule has 0 atom stereocenters. The molecule has 0 saturated heterocycles. The molecule has 0 amide bonds. The summed E-state index contributed by atoms with van der Waals surface area (Å²) in [5, 5.41) is 23.6. The molecule has 1 aromatic heterocycles. The minimum Gasteiger partial charge on any atom is -0.389 e. The number of halogens is 1. The van der Waals surface area contributed by atoms with E-state index in [1.165, 1.54) is 12.3 Å². The molecule has 0 aliphatic carbocycles. The van der Waals surface area contributed by atoms with E-state index < -0.39 is 16.3 Å². The van der Waals surface area contributed by atoms with Crippen LogP contribution in [0.15, 0.2) is 24.4 Å². The highest BCUT2D eigenvalue weighted by molar-refractivity contribution is 5.97. The summed E-state index contributed by atoms with van der Waals surface area (Å²) in [6, 6.07) is 3.92. The number of anilines is 1. The van der Waals surface area contributed by atoms with Crippen LogP contribution in [0, 0.1) is 15.9 Å². The summed E-state index contributed by atoms with van der Waals surface area (Å²) in [4.78, 5) is 14.3. The van der Waals surface area contributed by atoms with Gasteiger partial charge in [-0.2, -0.15) is 0 Å². The van der Waals surface area contributed by atoms with Gasteiger partial charge in [-0.15, -0.1) is 0 Å². The normalized spacial score (nSPS) is 11.6. The lowest BCUT2D eigenvalue weighted by Gasteiger charge is -2.19. The highest BCUT2D eigenvalue weighted by atomic mass is 19.1. The van der Waals surface area contributed by atoms with E-state index in [0.717, 1.165) is 6.07 Å². The van der Waals surface area contributed by atoms with Crippen LogP contribution in [0.2, 0.25) is 0 Å². The first-order valence-electron chi connectivity index (χ1n) is 5.97. The number of aromatic nitrogens is 1. The van der Waals surface area contributed by atoms with Crippen LogP contribution in [-0.2, 0) is 0 Å². The fraction of sp³-hybridized carbons (Fsp3) is 0.308. The minimum atomic E-state index is -1.05. The molecule has 2 rings (SSSR count). The zero-order chi connectivity index (χ0) is 14.9. The summed E-state index contributed by atoms with van der Waals surface area (Å²) >= 11 is 0. The highest BCUT2D eigenvalue weighted by Gasteiger charge is 2.21. The first-order valence-corrected chi connectivity index (χ1v) is 5.97. The molecule has 0 spiro atoms. The second kappa shape index (κ2) is 5.01. The maximum Gasteiger partial charge on any atom is 0.281 e. The number of nitro benzene ring substituents is 1. The number of aliphatic hydroxyl groups is 1. The predicted molar refractivity (Wildman–Crippen MR) is 73.1 cm³/mol. The van der Waals surface area contributed by atoms with Gasteiger partial charge < -0.3 is 10.4 Å². The smallest absolute Gasteiger partial charge is 0.281 e. The summed E-state index contributed by atoms with van der Waals surface area (Å²) in [5.41, 5.74) is -1.16. The Morgan fingerprint density at radius 1 is 1.55 bits per heavy atom. The van der Waals surface area contributed by atoms with Crippen molar-refractivity contribution in [2.24, 2.45) is 0 Å². The van der Waals surface area contributed by atoms with Crippen molar-refractivity contribution < 1.29 is 14.4 Å². The molecule has 7 heteroatoms. The second-order valence-electron chi connectivity index (χ2n) is 5.08. The SMILES string of the molecule is CC(C)(O)CNc1c(F)cc([N+](=O)[O-])c2cccnc12. The van der Waals surface area contributed by atoms with Gasteiger partial charge in [0, 0.05) is 12.7 Å². The van der Waals surface area contributed by atoms with Crippen LogP contribution in [0.1, 0.15) is 13.8 Å². The van der Waals surface area contributed by atoms with Gasteiger partial charge in [-0.05, 0) is 26.0 Å². The second-order valence-corrected chi connectivity index (χ2v) is 5.08. The molecule has 2 N–H and O–H groups in total. The number of hydrogen-bond donors (Lipinski definition) is 2. The van der Waals surface area contributed by atoms with Crippen LogP contribution in [0.3, 0.4) is 0 Å². The summed E-state index contributed by atoms with van der Waals surface area (Å²) in [6.07, 6.45) is 1.43. The Morgan fingerprint density at radius 2 is 2.25 bits per heavy atom. The highest BCUT2D eigenvalue weighted by Crippen LogP contribution is 2.32. The predicted octanol–water partition coefficient (Wildman–Crippen LogP) is 2.46. The zero-order valence-corrected chi connectivity index (χ0v) is 11.1. The van der Waals surface area contributed by atoms with Crippen molar-refractivity contribution in [1.82, 2.24) is 4.98 Å². The molecule has 20 heavy (non-hydrogen) atoms. The number of fused-ring (bicyclic) bond motifs is 1. The number of nitrogens with zero attached hydrogens (tertiary/aromatic N) is 2. The maximum absolute atomic E-state index is 14.0. The van der Waals surface area contributed by atoms with E-state index in [2.05, 4.69) is 10.3 Å². The van der Waals surface area contributed by atoms with Crippen molar-refractivity contribution in [3.05, 3.63) is 40.3 Å². The lowest BCUT2D eigenvalue weighted by Crippen LogP contribution is -2.29. The van der Waals surface area contributed by atoms with Gasteiger partial charge in [0.2, 0.25) is 0 Å². The third-order valence-corrected chi connectivity index (χ3v) is 2.72. The molecule has 0 saturated carbocycles. The van der Waals surface area contributed by atoms with E-state index in [-0.39, 0.29) is 28.8 Å². The van der Waals surface area contributed by atoms with Gasteiger partial charge in [-0.1, -0.05) is 0 Å². The Labute approximate surface area is 114 Å². The third-order valence-electron chi connectivity index (χ3n) is 2.72. The average molecular weight is 279 g/mol. The number of nitro groups is 1. The minimum absolute atomic E-state index is 0.0494. The molecule has 1 heterocycles. The zero-order valence-electron chi connectivity index (χ0n) is 11.1. The van der Waals surface area contributed by atoms with Gasteiger partial charge in [0.05, 0.1) is 27.7 Å². The molecule has 2 aromatic rings. The molecular formula is C13H14FN3O3. The standard InChI is InChI=1S/C13H14FN3O3/c1-13(2,18)7-16-12-9(14)6-10(17(19)20)8-4-3-5-15-11(8)12/h3-6,16,18H,7H2,1-2H3. The van der Waals surface area contributed by atoms with Crippen LogP contribution in [0.5, 0.6) is 0 Å². The van der Waals surface area contributed by atoms with Crippen molar-refractivity contribution in [2.45, 2.75) is 19.4 Å². The molecular weight excluding hydrogens is 265 g/mol. The van der Waals surface area contributed by atoms with Gasteiger partial charge in [0.1, 0.15) is 5.52 Å². The van der Waals surface area contributed by atoms with Crippen LogP contribution in [0.25, 0.3) is 10.9 Å². The lowest BCUT2D eigenvalue weighted by molar-refractivity contribution is -0.383. The van der Waals surface area contributed by atoms with Crippen molar-refractivity contribution in [3.8, 4) is 0 Å². The third kappa shape index (κ3) is 2.83. The number of nitrogens with one attached hydrogen (secondary N) is 1. The van der Waals surface area contributed by atoms with Gasteiger partial charge in [0.15, 0.2) is 5.82 Å². The molecule has 6 nitrogen and oxygen atoms in total. The topological polar surface area (TPSA) is 88.3 Å². The van der Waals surface area contributed by atoms with Crippen molar-refractivity contribution in [1.29, 1.82) is 0 Å². The summed E-state index contributed by atoms with van der Waals surface area (Å²) in [7, 11) is 0. The van der Waals surface area contributed by atoms with E-state index in [1.54, 1.807) is 19.9 Å². The van der Waals surface area contributed by atoms with Gasteiger partial charge in [-0.25, -0.2) is 4.39 Å². The Balaban J connectivity index is 2.58. The first kappa shape index (κ1) is 14.1. The molecule has 0 radical (unpaired) electrons. The van der Waals surface area contributed by atoms with Crippen LogP contribution < -0.4 is 5.32 Å². The Kier molecular flexibility index (Phi) is 3.54. The van der Waals surface area contributed by atoms with Crippen LogP contribution >= 0.6 is 0 Å².